The standard InChI is InChI=1S/C13H12F3N3OS/c1-21-12(18-7-17)19-9-4-8(13(14,15)16)5-11(6-9)20-10-2-3-10/h4-6,10H,2-3H2,1H3,(H,18,19). The topological polar surface area (TPSA) is 57.4 Å². The Morgan fingerprint density at radius 1 is 1.43 bits per heavy atom. The van der Waals surface area contributed by atoms with Gasteiger partial charge in [-0.05, 0) is 31.2 Å². The van der Waals surface area contributed by atoms with Gasteiger partial charge in [-0.25, -0.2) is 4.99 Å². The predicted octanol–water partition coefficient (Wildman–Crippen LogP) is 3.67. The third-order valence-corrected chi connectivity index (χ3v) is 3.21. The Bertz CT molecular complexity index is 591. The van der Waals surface area contributed by atoms with Gasteiger partial charge in [0.15, 0.2) is 11.4 Å². The van der Waals surface area contributed by atoms with Crippen LogP contribution in [0, 0.1) is 11.5 Å². The van der Waals surface area contributed by atoms with Crippen LogP contribution in [0.25, 0.3) is 0 Å². The van der Waals surface area contributed by atoms with Crippen molar-refractivity contribution < 1.29 is 17.9 Å². The smallest absolute Gasteiger partial charge is 0.416 e. The van der Waals surface area contributed by atoms with Gasteiger partial charge in [0.25, 0.3) is 0 Å². The average Bonchev–Trinajstić information content (AvgIpc) is 3.21. The number of aliphatic imine (C=N–C) groups is 1. The van der Waals surface area contributed by atoms with Gasteiger partial charge in [0, 0.05) is 6.07 Å². The van der Waals surface area contributed by atoms with E-state index in [2.05, 4.69) is 10.3 Å². The van der Waals surface area contributed by atoms with Crippen molar-refractivity contribution in [3.05, 3.63) is 23.8 Å². The van der Waals surface area contributed by atoms with Crippen LogP contribution in [-0.2, 0) is 6.18 Å². The number of thioether (sulfide) groups is 1. The van der Waals surface area contributed by atoms with Gasteiger partial charge in [-0.3, -0.25) is 5.32 Å². The second-order valence-electron chi connectivity index (χ2n) is 4.39. The van der Waals surface area contributed by atoms with E-state index in [0.717, 1.165) is 36.7 Å². The van der Waals surface area contributed by atoms with Gasteiger partial charge >= 0.3 is 6.18 Å². The maximum Gasteiger partial charge on any atom is 0.416 e. The number of ether oxygens (including phenoxy) is 1. The summed E-state index contributed by atoms with van der Waals surface area (Å²) < 4.78 is 44.1. The summed E-state index contributed by atoms with van der Waals surface area (Å²) in [7, 11) is 0. The summed E-state index contributed by atoms with van der Waals surface area (Å²) in [5.74, 6) is 0.142. The minimum Gasteiger partial charge on any atom is -0.490 e. The first-order chi connectivity index (χ1) is 9.92. The lowest BCUT2D eigenvalue weighted by Crippen LogP contribution is -2.12. The zero-order valence-electron chi connectivity index (χ0n) is 11.1. The van der Waals surface area contributed by atoms with Gasteiger partial charge in [-0.2, -0.15) is 18.4 Å². The Labute approximate surface area is 124 Å². The molecule has 2 rings (SSSR count). The minimum absolute atomic E-state index is 0.0115. The van der Waals surface area contributed by atoms with Gasteiger partial charge in [-0.15, -0.1) is 0 Å². The molecule has 0 unspecified atom stereocenters. The van der Waals surface area contributed by atoms with Crippen molar-refractivity contribution >= 4 is 22.6 Å². The number of hydrogen-bond acceptors (Lipinski definition) is 4. The van der Waals surface area contributed by atoms with E-state index in [9.17, 15) is 13.2 Å². The number of halogens is 3. The Kier molecular flexibility index (Phi) is 4.63. The summed E-state index contributed by atoms with van der Waals surface area (Å²) in [4.78, 5) is 4.00. The second kappa shape index (κ2) is 6.26. The van der Waals surface area contributed by atoms with E-state index in [0.29, 0.717) is 0 Å². The summed E-state index contributed by atoms with van der Waals surface area (Å²) in [6.07, 6.45) is 0.559. The molecule has 0 bridgehead atoms. The fourth-order valence-electron chi connectivity index (χ4n) is 1.55. The molecule has 0 saturated heterocycles. The number of alkyl halides is 3. The molecule has 1 aliphatic carbocycles. The molecule has 4 nitrogen and oxygen atoms in total. The first-order valence-corrected chi connectivity index (χ1v) is 7.31. The van der Waals surface area contributed by atoms with Gasteiger partial charge in [0.1, 0.15) is 5.75 Å². The van der Waals surface area contributed by atoms with Gasteiger partial charge in [0.05, 0.1) is 17.4 Å². The summed E-state index contributed by atoms with van der Waals surface area (Å²) in [6.45, 7) is 0. The molecule has 1 fully saturated rings. The van der Waals surface area contributed by atoms with Crippen LogP contribution in [0.1, 0.15) is 18.4 Å². The van der Waals surface area contributed by atoms with Crippen molar-refractivity contribution in [1.29, 1.82) is 5.26 Å². The van der Waals surface area contributed by atoms with E-state index in [4.69, 9.17) is 10.00 Å². The van der Waals surface area contributed by atoms with E-state index in [-0.39, 0.29) is 22.7 Å². The molecular formula is C13H12F3N3OS. The molecule has 1 aliphatic rings. The maximum atomic E-state index is 12.9. The van der Waals surface area contributed by atoms with Crippen molar-refractivity contribution in [3.63, 3.8) is 0 Å². The zero-order valence-corrected chi connectivity index (χ0v) is 11.9. The van der Waals surface area contributed by atoms with Crippen molar-refractivity contribution in [1.82, 2.24) is 5.32 Å². The molecule has 0 atom stereocenters. The number of benzene rings is 1. The molecule has 0 aromatic heterocycles. The molecule has 8 heteroatoms. The van der Waals surface area contributed by atoms with Crippen LogP contribution in [0.2, 0.25) is 0 Å². The summed E-state index contributed by atoms with van der Waals surface area (Å²) >= 11 is 1.13. The normalized spacial score (nSPS) is 15.5. The fourth-order valence-corrected chi connectivity index (χ4v) is 1.89. The Balaban J connectivity index is 2.36. The quantitative estimate of drug-likeness (QED) is 0.400. The third kappa shape index (κ3) is 4.56. The minimum atomic E-state index is -4.48. The number of rotatable bonds is 3. The molecule has 0 amide bonds. The fraction of sp³-hybridized carbons (Fsp3) is 0.385. The van der Waals surface area contributed by atoms with Gasteiger partial charge < -0.3 is 4.74 Å². The lowest BCUT2D eigenvalue weighted by atomic mass is 10.2. The number of hydrogen-bond donors (Lipinski definition) is 1. The molecule has 21 heavy (non-hydrogen) atoms. The first kappa shape index (κ1) is 15.5. The predicted molar refractivity (Wildman–Crippen MR) is 74.5 cm³/mol. The van der Waals surface area contributed by atoms with Gasteiger partial charge in [-0.1, -0.05) is 11.8 Å². The third-order valence-electron chi connectivity index (χ3n) is 2.63. The van der Waals surface area contributed by atoms with E-state index in [1.54, 1.807) is 12.4 Å². The Morgan fingerprint density at radius 2 is 2.14 bits per heavy atom. The molecule has 0 spiro atoms. The molecule has 1 saturated carbocycles. The highest BCUT2D eigenvalue weighted by molar-refractivity contribution is 8.13. The Hall–Kier alpha value is -1.88. The van der Waals surface area contributed by atoms with Crippen molar-refractivity contribution in [2.75, 3.05) is 6.26 Å². The lowest BCUT2D eigenvalue weighted by Gasteiger charge is -2.11. The highest BCUT2D eigenvalue weighted by Crippen LogP contribution is 2.37. The van der Waals surface area contributed by atoms with Crippen LogP contribution in [-0.4, -0.2) is 17.5 Å². The first-order valence-electron chi connectivity index (χ1n) is 6.09. The lowest BCUT2D eigenvalue weighted by molar-refractivity contribution is -0.137. The number of nitrogens with one attached hydrogen (secondary N) is 1. The average molecular weight is 315 g/mol. The maximum absolute atomic E-state index is 12.9. The summed E-state index contributed by atoms with van der Waals surface area (Å²) in [6, 6.07) is 3.33. The highest BCUT2D eigenvalue weighted by Gasteiger charge is 2.32. The van der Waals surface area contributed by atoms with E-state index in [1.165, 1.54) is 6.07 Å². The summed E-state index contributed by atoms with van der Waals surface area (Å²) in [5, 5.41) is 11.1. The molecular weight excluding hydrogens is 303 g/mol. The van der Waals surface area contributed by atoms with Crippen LogP contribution in [0.4, 0.5) is 18.9 Å². The van der Waals surface area contributed by atoms with Crippen LogP contribution < -0.4 is 10.1 Å². The molecule has 1 aromatic carbocycles. The van der Waals surface area contributed by atoms with Crippen molar-refractivity contribution in [2.24, 2.45) is 4.99 Å². The van der Waals surface area contributed by atoms with Crippen molar-refractivity contribution in [2.45, 2.75) is 25.1 Å². The van der Waals surface area contributed by atoms with E-state index >= 15 is 0 Å². The second-order valence-corrected chi connectivity index (χ2v) is 5.18. The molecule has 1 N–H and O–H groups in total. The van der Waals surface area contributed by atoms with Crippen LogP contribution in [0.5, 0.6) is 5.75 Å². The number of nitrogens with zero attached hydrogens (tertiary/aromatic N) is 2. The van der Waals surface area contributed by atoms with Gasteiger partial charge in [0.2, 0.25) is 0 Å². The highest BCUT2D eigenvalue weighted by atomic mass is 32.2. The summed E-state index contributed by atoms with van der Waals surface area (Å²) in [5.41, 5.74) is -0.732. The number of nitriles is 1. The molecule has 0 heterocycles. The zero-order chi connectivity index (χ0) is 15.5. The van der Waals surface area contributed by atoms with Crippen LogP contribution in [0.15, 0.2) is 23.2 Å². The largest absolute Gasteiger partial charge is 0.490 e. The van der Waals surface area contributed by atoms with E-state index in [1.807, 2.05) is 0 Å². The van der Waals surface area contributed by atoms with Crippen LogP contribution >= 0.6 is 11.8 Å². The molecule has 1 aromatic rings. The molecule has 0 radical (unpaired) electrons. The van der Waals surface area contributed by atoms with Crippen LogP contribution in [0.3, 0.4) is 0 Å². The Morgan fingerprint density at radius 3 is 2.67 bits per heavy atom. The molecule has 112 valence electrons. The van der Waals surface area contributed by atoms with E-state index < -0.39 is 11.7 Å². The molecule has 0 aliphatic heterocycles. The SMILES string of the molecule is CSC(=Nc1cc(OC2CC2)cc(C(F)(F)F)c1)NC#N. The number of amidine groups is 1. The monoisotopic (exact) mass is 315 g/mol. The van der Waals surface area contributed by atoms with Crippen molar-refractivity contribution in [3.8, 4) is 11.9 Å².